The Hall–Kier alpha value is -1.92. The predicted molar refractivity (Wildman–Crippen MR) is 91.2 cm³/mol. The highest BCUT2D eigenvalue weighted by Gasteiger charge is 2.30. The van der Waals surface area contributed by atoms with Gasteiger partial charge in [0.05, 0.1) is 18.8 Å². The zero-order chi connectivity index (χ0) is 18.6. The number of alkyl halides is 3. The van der Waals surface area contributed by atoms with Crippen LogP contribution in [0.3, 0.4) is 0 Å². The van der Waals surface area contributed by atoms with Gasteiger partial charge in [-0.1, -0.05) is 24.3 Å². The number of benzene rings is 2. The first-order valence-corrected chi connectivity index (χ1v) is 8.63. The molecule has 2 nitrogen and oxygen atoms in total. The third-order valence-corrected chi connectivity index (χ3v) is 4.76. The normalized spacial score (nSPS) is 20.9. The zero-order valence-electron chi connectivity index (χ0n) is 14.2. The van der Waals surface area contributed by atoms with Crippen molar-refractivity contribution in [3.8, 4) is 0 Å². The van der Waals surface area contributed by atoms with Gasteiger partial charge in [-0.2, -0.15) is 13.2 Å². The van der Waals surface area contributed by atoms with Crippen LogP contribution in [0, 0.1) is 11.7 Å². The summed E-state index contributed by atoms with van der Waals surface area (Å²) in [6, 6.07) is 11.7. The van der Waals surface area contributed by atoms with Gasteiger partial charge in [0.2, 0.25) is 0 Å². The number of hydrogen-bond acceptors (Lipinski definition) is 2. The van der Waals surface area contributed by atoms with E-state index in [9.17, 15) is 17.6 Å². The molecule has 0 radical (unpaired) electrons. The van der Waals surface area contributed by atoms with Crippen LogP contribution in [-0.2, 0) is 17.5 Å². The van der Waals surface area contributed by atoms with Crippen LogP contribution in [0.4, 0.5) is 17.6 Å². The minimum atomic E-state index is -4.35. The van der Waals surface area contributed by atoms with Gasteiger partial charge in [0.25, 0.3) is 0 Å². The lowest BCUT2D eigenvalue weighted by molar-refractivity contribution is -0.137. The monoisotopic (exact) mass is 367 g/mol. The summed E-state index contributed by atoms with van der Waals surface area (Å²) >= 11 is 0. The van der Waals surface area contributed by atoms with E-state index in [-0.39, 0.29) is 24.3 Å². The number of ether oxygens (including phenoxy) is 1. The molecule has 0 aliphatic carbocycles. The number of hydrogen-bond donors (Lipinski definition) is 1. The average Bonchev–Trinajstić information content (AvgIpc) is 2.62. The Labute approximate surface area is 150 Å². The molecule has 1 saturated heterocycles. The zero-order valence-corrected chi connectivity index (χ0v) is 14.2. The van der Waals surface area contributed by atoms with E-state index in [1.165, 1.54) is 18.2 Å². The van der Waals surface area contributed by atoms with Crippen LogP contribution in [-0.4, -0.2) is 19.7 Å². The summed E-state index contributed by atoms with van der Waals surface area (Å²) in [7, 11) is 0. The minimum absolute atomic E-state index is 0.135. The van der Waals surface area contributed by atoms with Gasteiger partial charge in [-0.05, 0) is 54.3 Å². The van der Waals surface area contributed by atoms with Crippen LogP contribution in [0.15, 0.2) is 48.5 Å². The van der Waals surface area contributed by atoms with Gasteiger partial charge >= 0.3 is 6.18 Å². The largest absolute Gasteiger partial charge is 0.416 e. The number of piperidine rings is 1. The first-order chi connectivity index (χ1) is 12.4. The number of rotatable bonds is 5. The maximum absolute atomic E-state index is 13.1. The van der Waals surface area contributed by atoms with Crippen LogP contribution < -0.4 is 5.32 Å². The smallest absolute Gasteiger partial charge is 0.376 e. The van der Waals surface area contributed by atoms with Gasteiger partial charge in [-0.3, -0.25) is 0 Å². The molecule has 26 heavy (non-hydrogen) atoms. The van der Waals surface area contributed by atoms with Crippen LogP contribution in [0.2, 0.25) is 0 Å². The molecule has 1 aliphatic heterocycles. The summed E-state index contributed by atoms with van der Waals surface area (Å²) in [4.78, 5) is 0. The molecule has 140 valence electrons. The Kier molecular flexibility index (Phi) is 5.94. The van der Waals surface area contributed by atoms with Crippen molar-refractivity contribution in [3.63, 3.8) is 0 Å². The van der Waals surface area contributed by atoms with Gasteiger partial charge in [0, 0.05) is 12.5 Å². The van der Waals surface area contributed by atoms with E-state index in [1.54, 1.807) is 18.2 Å². The molecule has 1 fully saturated rings. The molecule has 1 N–H and O–H groups in total. The van der Waals surface area contributed by atoms with Crippen molar-refractivity contribution in [3.05, 3.63) is 71.0 Å². The molecule has 1 aliphatic rings. The molecule has 3 rings (SSSR count). The van der Waals surface area contributed by atoms with E-state index < -0.39 is 11.7 Å². The maximum atomic E-state index is 13.1. The number of halogens is 4. The second kappa shape index (κ2) is 8.18. The Morgan fingerprint density at radius 2 is 1.85 bits per heavy atom. The van der Waals surface area contributed by atoms with Gasteiger partial charge in [0.15, 0.2) is 0 Å². The van der Waals surface area contributed by atoms with Crippen LogP contribution in [0.25, 0.3) is 0 Å². The molecule has 0 spiro atoms. The van der Waals surface area contributed by atoms with E-state index in [1.807, 2.05) is 0 Å². The summed E-state index contributed by atoms with van der Waals surface area (Å²) in [6.45, 7) is 2.22. The molecule has 0 saturated carbocycles. The highest BCUT2D eigenvalue weighted by molar-refractivity contribution is 5.25. The van der Waals surface area contributed by atoms with E-state index in [2.05, 4.69) is 5.32 Å². The average molecular weight is 367 g/mol. The fourth-order valence-corrected chi connectivity index (χ4v) is 3.41. The van der Waals surface area contributed by atoms with Gasteiger partial charge < -0.3 is 10.1 Å². The van der Waals surface area contributed by atoms with E-state index in [0.717, 1.165) is 37.2 Å². The first-order valence-electron chi connectivity index (χ1n) is 8.63. The SMILES string of the molecule is Fc1ccc([C@H]2CCNC[C@@H]2COCc2cccc(C(F)(F)F)c2)cc1. The summed E-state index contributed by atoms with van der Waals surface area (Å²) < 4.78 is 57.2. The summed E-state index contributed by atoms with van der Waals surface area (Å²) in [5.41, 5.74) is 0.907. The van der Waals surface area contributed by atoms with Crippen LogP contribution in [0.1, 0.15) is 29.0 Å². The number of nitrogens with one attached hydrogen (secondary N) is 1. The molecule has 1 heterocycles. The first kappa shape index (κ1) is 18.9. The van der Waals surface area contributed by atoms with E-state index in [4.69, 9.17) is 4.74 Å². The lowest BCUT2D eigenvalue weighted by Crippen LogP contribution is -2.37. The molecule has 2 aromatic carbocycles. The topological polar surface area (TPSA) is 21.3 Å². The van der Waals surface area contributed by atoms with Crippen molar-refractivity contribution in [2.75, 3.05) is 19.7 Å². The summed E-state index contributed by atoms with van der Waals surface area (Å²) in [5, 5.41) is 3.32. The maximum Gasteiger partial charge on any atom is 0.416 e. The standard InChI is InChI=1S/C20H21F4NO/c21-18-6-4-15(5-7-18)19-8-9-25-11-16(19)13-26-12-14-2-1-3-17(10-14)20(22,23)24/h1-7,10,16,19,25H,8-9,11-13H2/t16-,19-/m1/s1. The Balaban J connectivity index is 1.60. The summed E-state index contributed by atoms with van der Waals surface area (Å²) in [6.07, 6.45) is -3.43. The van der Waals surface area contributed by atoms with Gasteiger partial charge in [-0.15, -0.1) is 0 Å². The third-order valence-electron chi connectivity index (χ3n) is 4.76. The van der Waals surface area contributed by atoms with Crippen LogP contribution >= 0.6 is 0 Å². The lowest BCUT2D eigenvalue weighted by Gasteiger charge is -2.32. The van der Waals surface area contributed by atoms with Crippen molar-refractivity contribution in [1.29, 1.82) is 0 Å². The second-order valence-electron chi connectivity index (χ2n) is 6.62. The second-order valence-corrected chi connectivity index (χ2v) is 6.62. The molecule has 2 aromatic rings. The molecule has 2 atom stereocenters. The van der Waals surface area contributed by atoms with Crippen molar-refractivity contribution >= 4 is 0 Å². The molecule has 0 amide bonds. The molecule has 0 unspecified atom stereocenters. The fourth-order valence-electron chi connectivity index (χ4n) is 3.41. The Morgan fingerprint density at radius 3 is 2.58 bits per heavy atom. The molecule has 0 aromatic heterocycles. The lowest BCUT2D eigenvalue weighted by atomic mass is 9.81. The van der Waals surface area contributed by atoms with E-state index >= 15 is 0 Å². The minimum Gasteiger partial charge on any atom is -0.376 e. The predicted octanol–water partition coefficient (Wildman–Crippen LogP) is 4.75. The van der Waals surface area contributed by atoms with Crippen molar-refractivity contribution in [2.24, 2.45) is 5.92 Å². The van der Waals surface area contributed by atoms with Gasteiger partial charge in [0.1, 0.15) is 5.82 Å². The van der Waals surface area contributed by atoms with Crippen molar-refractivity contribution < 1.29 is 22.3 Å². The molecule has 0 bridgehead atoms. The summed E-state index contributed by atoms with van der Waals surface area (Å²) in [5.74, 6) is 0.179. The fraction of sp³-hybridized carbons (Fsp3) is 0.400. The van der Waals surface area contributed by atoms with Crippen molar-refractivity contribution in [2.45, 2.75) is 25.1 Å². The Morgan fingerprint density at radius 1 is 1.08 bits per heavy atom. The molecular formula is C20H21F4NO. The van der Waals surface area contributed by atoms with Crippen molar-refractivity contribution in [1.82, 2.24) is 5.32 Å². The van der Waals surface area contributed by atoms with Gasteiger partial charge in [-0.25, -0.2) is 4.39 Å². The highest BCUT2D eigenvalue weighted by Crippen LogP contribution is 2.32. The quantitative estimate of drug-likeness (QED) is 0.770. The Bertz CT molecular complexity index is 714. The van der Waals surface area contributed by atoms with E-state index in [0.29, 0.717) is 12.2 Å². The third kappa shape index (κ3) is 4.83. The highest BCUT2D eigenvalue weighted by atomic mass is 19.4. The molecule has 6 heteroatoms. The molecular weight excluding hydrogens is 346 g/mol. The van der Waals surface area contributed by atoms with Crippen LogP contribution in [0.5, 0.6) is 0 Å².